The standard InChI is InChI=1S/C29H57O6PS/c1-5-8-10-12-14-15-16-17-19-21-23-25(22-20-18-13-11-9-6-2)24-27(37)34-26(7-3)35-29(31,36-32)28(30)33-4/h25-27,31,37H,5-24H2,1-4H3/p+1. The van der Waals surface area contributed by atoms with E-state index < -0.39 is 31.7 Å². The van der Waals surface area contributed by atoms with E-state index in [4.69, 9.17) is 9.47 Å². The minimum Gasteiger partial charge on any atom is -0.461 e. The SMILES string of the molecule is CCCCCCCCCCCCC(CCCCCCCC)CC(S)OC(CC)OC(O)([PH+]=O)C(=O)OC. The third kappa shape index (κ3) is 19.5. The molecule has 0 spiro atoms. The van der Waals surface area contributed by atoms with Crippen LogP contribution < -0.4 is 0 Å². The van der Waals surface area contributed by atoms with Crippen LogP contribution in [0.4, 0.5) is 0 Å². The van der Waals surface area contributed by atoms with Gasteiger partial charge in [0.2, 0.25) is 0 Å². The number of aliphatic hydroxyl groups is 1. The highest BCUT2D eigenvalue weighted by molar-refractivity contribution is 7.80. The lowest BCUT2D eigenvalue weighted by Gasteiger charge is -2.26. The van der Waals surface area contributed by atoms with Gasteiger partial charge in [-0.3, -0.25) is 4.74 Å². The first-order valence-electron chi connectivity index (χ1n) is 15.1. The topological polar surface area (TPSA) is 82.1 Å². The van der Waals surface area contributed by atoms with Gasteiger partial charge in [0.15, 0.2) is 6.29 Å². The van der Waals surface area contributed by atoms with Crippen molar-refractivity contribution in [1.29, 1.82) is 0 Å². The number of ether oxygens (including phenoxy) is 3. The molecule has 8 heteroatoms. The van der Waals surface area contributed by atoms with E-state index in [1.807, 2.05) is 6.92 Å². The molecule has 0 aliphatic rings. The van der Waals surface area contributed by atoms with E-state index in [0.29, 0.717) is 12.3 Å². The van der Waals surface area contributed by atoms with Gasteiger partial charge in [-0.1, -0.05) is 141 Å². The van der Waals surface area contributed by atoms with Crippen LogP contribution in [-0.4, -0.2) is 35.4 Å². The molecule has 0 saturated heterocycles. The Bertz CT molecular complexity index is 552. The Labute approximate surface area is 235 Å². The second-order valence-electron chi connectivity index (χ2n) is 10.4. The molecule has 0 aliphatic heterocycles. The number of hydrogen-bond donors (Lipinski definition) is 2. The predicted molar refractivity (Wildman–Crippen MR) is 158 cm³/mol. The van der Waals surface area contributed by atoms with Gasteiger partial charge in [0, 0.05) is 0 Å². The molecule has 0 aromatic carbocycles. The minimum atomic E-state index is -2.52. The Hall–Kier alpha value is -0.200. The van der Waals surface area contributed by atoms with Crippen molar-refractivity contribution >= 4 is 27.1 Å². The molecule has 0 saturated carbocycles. The molecule has 0 radical (unpaired) electrons. The number of unbranched alkanes of at least 4 members (excludes halogenated alkanes) is 14. The molecule has 220 valence electrons. The number of thiol groups is 1. The Morgan fingerprint density at radius 2 is 1.24 bits per heavy atom. The summed E-state index contributed by atoms with van der Waals surface area (Å²) in [4.78, 5) is 11.8. The molecule has 0 aromatic rings. The number of carbonyl (C=O) groups is 1. The summed E-state index contributed by atoms with van der Waals surface area (Å²) in [5.41, 5.74) is -2.91. The van der Waals surface area contributed by atoms with Crippen molar-refractivity contribution in [3.8, 4) is 0 Å². The van der Waals surface area contributed by atoms with E-state index in [0.717, 1.165) is 26.4 Å². The zero-order chi connectivity index (χ0) is 27.8. The van der Waals surface area contributed by atoms with Gasteiger partial charge in [-0.25, -0.2) is 4.79 Å². The fourth-order valence-corrected chi connectivity index (χ4v) is 5.48. The molecule has 0 aliphatic carbocycles. The number of carbonyl (C=O) groups excluding carboxylic acids is 1. The van der Waals surface area contributed by atoms with Crippen LogP contribution in [0.15, 0.2) is 0 Å². The summed E-state index contributed by atoms with van der Waals surface area (Å²) in [6, 6.07) is 0. The first-order valence-corrected chi connectivity index (χ1v) is 16.5. The first kappa shape index (κ1) is 36.8. The molecule has 6 nitrogen and oxygen atoms in total. The minimum absolute atomic E-state index is 0.376. The highest BCUT2D eigenvalue weighted by Gasteiger charge is 2.51. The number of rotatable bonds is 27. The number of esters is 1. The Morgan fingerprint density at radius 1 is 0.811 bits per heavy atom. The molecular formula is C29H58O6PS+. The van der Waals surface area contributed by atoms with E-state index in [2.05, 4.69) is 31.2 Å². The van der Waals surface area contributed by atoms with Crippen molar-refractivity contribution in [2.24, 2.45) is 5.92 Å². The average molecular weight is 566 g/mol. The van der Waals surface area contributed by atoms with E-state index in [1.54, 1.807) is 0 Å². The smallest absolute Gasteiger partial charge is 0.461 e. The number of methoxy groups -OCH3 is 1. The van der Waals surface area contributed by atoms with E-state index in [1.165, 1.54) is 103 Å². The van der Waals surface area contributed by atoms with Gasteiger partial charge in [0.05, 0.1) is 7.11 Å². The molecule has 5 atom stereocenters. The fourth-order valence-electron chi connectivity index (χ4n) is 4.68. The van der Waals surface area contributed by atoms with Crippen molar-refractivity contribution in [3.05, 3.63) is 0 Å². The second-order valence-corrected chi connectivity index (χ2v) is 11.9. The predicted octanol–water partition coefficient (Wildman–Crippen LogP) is 8.92. The van der Waals surface area contributed by atoms with Gasteiger partial charge in [-0.2, -0.15) is 0 Å². The Morgan fingerprint density at radius 3 is 1.62 bits per heavy atom. The molecule has 5 unspecified atom stereocenters. The van der Waals surface area contributed by atoms with E-state index in [-0.39, 0.29) is 0 Å². The summed E-state index contributed by atoms with van der Waals surface area (Å²) < 4.78 is 27.2. The zero-order valence-corrected chi connectivity index (χ0v) is 26.2. The quantitative estimate of drug-likeness (QED) is 0.0340. The second kappa shape index (κ2) is 24.8. The van der Waals surface area contributed by atoms with Gasteiger partial charge in [0.1, 0.15) is 5.44 Å². The summed E-state index contributed by atoms with van der Waals surface area (Å²) >= 11 is 4.66. The average Bonchev–Trinajstić information content (AvgIpc) is 2.90. The maximum atomic E-state index is 11.8. The summed E-state index contributed by atoms with van der Waals surface area (Å²) in [7, 11) is -0.309. The van der Waals surface area contributed by atoms with Crippen molar-refractivity contribution in [1.82, 2.24) is 0 Å². The van der Waals surface area contributed by atoms with Crippen LogP contribution >= 0.6 is 21.1 Å². The van der Waals surface area contributed by atoms with Gasteiger partial charge >= 0.3 is 20.0 Å². The maximum absolute atomic E-state index is 11.8. The van der Waals surface area contributed by atoms with E-state index >= 15 is 0 Å². The van der Waals surface area contributed by atoms with Crippen molar-refractivity contribution < 1.29 is 28.7 Å². The zero-order valence-electron chi connectivity index (χ0n) is 24.3. The molecular weight excluding hydrogens is 507 g/mol. The van der Waals surface area contributed by atoms with Crippen molar-refractivity contribution in [2.75, 3.05) is 7.11 Å². The lowest BCUT2D eigenvalue weighted by molar-refractivity contribution is -0.257. The fraction of sp³-hybridized carbons (Fsp3) is 0.966. The lowest BCUT2D eigenvalue weighted by Crippen LogP contribution is -2.41. The molecule has 0 rings (SSSR count). The normalized spacial score (nSPS) is 15.8. The monoisotopic (exact) mass is 565 g/mol. The van der Waals surface area contributed by atoms with E-state index in [9.17, 15) is 14.5 Å². The molecule has 0 fully saturated rings. The molecule has 0 heterocycles. The van der Waals surface area contributed by atoms with Crippen LogP contribution in [0.5, 0.6) is 0 Å². The molecule has 37 heavy (non-hydrogen) atoms. The third-order valence-electron chi connectivity index (χ3n) is 7.01. The molecule has 0 aromatic heterocycles. The van der Waals surface area contributed by atoms with Crippen LogP contribution in [-0.2, 0) is 23.6 Å². The van der Waals surface area contributed by atoms with Crippen LogP contribution in [0, 0.1) is 5.92 Å². The van der Waals surface area contributed by atoms with Crippen LogP contribution in [0.25, 0.3) is 0 Å². The van der Waals surface area contributed by atoms with Crippen molar-refractivity contribution in [3.63, 3.8) is 0 Å². The third-order valence-corrected chi connectivity index (χ3v) is 7.94. The summed E-state index contributed by atoms with van der Waals surface area (Å²) in [5, 5.41) is 10.2. The molecule has 0 bridgehead atoms. The molecule has 0 amide bonds. The summed E-state index contributed by atoms with van der Waals surface area (Å²) in [6.07, 6.45) is 23.6. The van der Waals surface area contributed by atoms with Crippen LogP contribution in [0.1, 0.15) is 149 Å². The Balaban J connectivity index is 4.61. The maximum Gasteiger partial charge on any atom is 0.472 e. The van der Waals surface area contributed by atoms with Gasteiger partial charge in [-0.05, 0) is 18.8 Å². The van der Waals surface area contributed by atoms with Crippen LogP contribution in [0.2, 0.25) is 0 Å². The van der Waals surface area contributed by atoms with Gasteiger partial charge in [0.25, 0.3) is 0 Å². The summed E-state index contributed by atoms with van der Waals surface area (Å²) in [6.45, 7) is 6.32. The molecule has 1 N–H and O–H groups in total. The van der Waals surface area contributed by atoms with Gasteiger partial charge < -0.3 is 14.6 Å². The summed E-state index contributed by atoms with van der Waals surface area (Å²) in [5.74, 6) is -0.582. The first-order chi connectivity index (χ1) is 17.9. The highest BCUT2D eigenvalue weighted by atomic mass is 32.1. The van der Waals surface area contributed by atoms with Crippen LogP contribution in [0.3, 0.4) is 0 Å². The highest BCUT2D eigenvalue weighted by Crippen LogP contribution is 2.30. The number of hydrogen-bond acceptors (Lipinski definition) is 7. The Kier molecular flexibility index (Phi) is 24.7. The van der Waals surface area contributed by atoms with Crippen molar-refractivity contribution in [2.45, 2.75) is 166 Å². The lowest BCUT2D eigenvalue weighted by atomic mass is 9.91. The largest absolute Gasteiger partial charge is 0.472 e. The van der Waals surface area contributed by atoms with Gasteiger partial charge in [-0.15, -0.1) is 12.6 Å².